The molecule has 26 heavy (non-hydrogen) atoms. The zero-order valence-electron chi connectivity index (χ0n) is 15.1. The molecule has 1 fully saturated rings. The van der Waals surface area contributed by atoms with Gasteiger partial charge in [0.1, 0.15) is 0 Å². The van der Waals surface area contributed by atoms with Crippen LogP contribution < -0.4 is 0 Å². The lowest BCUT2D eigenvalue weighted by Gasteiger charge is -2.33. The molecule has 7 heteroatoms. The average molecular weight is 392 g/mol. The molecule has 0 N–H and O–H groups in total. The third-order valence-corrected chi connectivity index (χ3v) is 8.26. The van der Waals surface area contributed by atoms with Crippen LogP contribution in [0.2, 0.25) is 0 Å². The van der Waals surface area contributed by atoms with Crippen molar-refractivity contribution in [3.8, 4) is 0 Å². The molecule has 0 amide bonds. The van der Waals surface area contributed by atoms with Crippen molar-refractivity contribution in [3.05, 3.63) is 45.4 Å². The minimum Gasteiger partial charge on any atom is -0.295 e. The molecular formula is C19H25N3O2S2. The first-order valence-corrected chi connectivity index (χ1v) is 11.7. The molecule has 0 unspecified atom stereocenters. The molecule has 1 aromatic carbocycles. The van der Waals surface area contributed by atoms with E-state index in [1.807, 2.05) is 12.1 Å². The van der Waals surface area contributed by atoms with Gasteiger partial charge in [-0.3, -0.25) is 4.90 Å². The van der Waals surface area contributed by atoms with Gasteiger partial charge in [-0.15, -0.1) is 11.3 Å². The highest BCUT2D eigenvalue weighted by atomic mass is 32.2. The molecule has 0 radical (unpaired) electrons. The second-order valence-corrected chi connectivity index (χ2v) is 9.93. The Morgan fingerprint density at radius 1 is 1.12 bits per heavy atom. The second kappa shape index (κ2) is 7.38. The minimum absolute atomic E-state index is 0.457. The van der Waals surface area contributed by atoms with E-state index in [-0.39, 0.29) is 0 Å². The summed E-state index contributed by atoms with van der Waals surface area (Å²) in [4.78, 5) is 7.37. The zero-order chi connectivity index (χ0) is 18.1. The maximum absolute atomic E-state index is 13.0. The Hall–Kier alpha value is -1.28. The predicted octanol–water partition coefficient (Wildman–Crippen LogP) is 2.70. The van der Waals surface area contributed by atoms with E-state index >= 15 is 0 Å². The number of fused-ring (bicyclic) bond motifs is 1. The molecule has 0 spiro atoms. The van der Waals surface area contributed by atoms with Gasteiger partial charge in [-0.2, -0.15) is 4.31 Å². The molecule has 4 rings (SSSR count). The lowest BCUT2D eigenvalue weighted by atomic mass is 10.1. The van der Waals surface area contributed by atoms with Crippen molar-refractivity contribution >= 4 is 21.4 Å². The van der Waals surface area contributed by atoms with Gasteiger partial charge in [0.15, 0.2) is 0 Å². The lowest BCUT2D eigenvalue weighted by Crippen LogP contribution is -2.48. The summed E-state index contributed by atoms with van der Waals surface area (Å²) in [6.45, 7) is 5.52. The number of piperazine rings is 1. The summed E-state index contributed by atoms with van der Waals surface area (Å²) in [6.07, 6.45) is 4.18. The SMILES string of the molecule is CCc1nc(CN2CCN(S(=O)(=O)c3ccc4c(c3)CCC4)CC2)cs1. The van der Waals surface area contributed by atoms with Crippen LogP contribution in [0.3, 0.4) is 0 Å². The minimum atomic E-state index is -3.39. The van der Waals surface area contributed by atoms with Gasteiger partial charge >= 0.3 is 0 Å². The van der Waals surface area contributed by atoms with E-state index in [2.05, 4.69) is 22.2 Å². The molecule has 1 saturated heterocycles. The van der Waals surface area contributed by atoms with Crippen LogP contribution >= 0.6 is 11.3 Å². The van der Waals surface area contributed by atoms with E-state index in [0.717, 1.165) is 56.0 Å². The van der Waals surface area contributed by atoms with Crippen LogP contribution in [0.4, 0.5) is 0 Å². The number of thiazole rings is 1. The Morgan fingerprint density at radius 3 is 2.62 bits per heavy atom. The first-order valence-electron chi connectivity index (χ1n) is 9.34. The number of benzene rings is 1. The van der Waals surface area contributed by atoms with Gasteiger partial charge in [0, 0.05) is 38.1 Å². The highest BCUT2D eigenvalue weighted by Gasteiger charge is 2.29. The van der Waals surface area contributed by atoms with Gasteiger partial charge in [-0.25, -0.2) is 13.4 Å². The highest BCUT2D eigenvalue weighted by Crippen LogP contribution is 2.27. The summed E-state index contributed by atoms with van der Waals surface area (Å²) >= 11 is 1.71. The fourth-order valence-corrected chi connectivity index (χ4v) is 6.01. The molecule has 0 saturated carbocycles. The van der Waals surface area contributed by atoms with E-state index in [9.17, 15) is 8.42 Å². The summed E-state index contributed by atoms with van der Waals surface area (Å²) in [7, 11) is -3.39. The number of nitrogens with zero attached hydrogens (tertiary/aromatic N) is 3. The van der Waals surface area contributed by atoms with Crippen LogP contribution in [0.15, 0.2) is 28.5 Å². The van der Waals surface area contributed by atoms with Crippen molar-refractivity contribution in [2.24, 2.45) is 0 Å². The Labute approximate surface area is 159 Å². The molecule has 5 nitrogen and oxygen atoms in total. The van der Waals surface area contributed by atoms with E-state index in [1.165, 1.54) is 11.1 Å². The molecule has 1 aromatic heterocycles. The van der Waals surface area contributed by atoms with Crippen molar-refractivity contribution in [2.45, 2.75) is 44.0 Å². The largest absolute Gasteiger partial charge is 0.295 e. The third-order valence-electron chi connectivity index (χ3n) is 5.33. The van der Waals surface area contributed by atoms with Crippen LogP contribution in [0, 0.1) is 0 Å². The quantitative estimate of drug-likeness (QED) is 0.786. The fourth-order valence-electron chi connectivity index (χ4n) is 3.80. The van der Waals surface area contributed by atoms with Crippen molar-refractivity contribution in [2.75, 3.05) is 26.2 Å². The van der Waals surface area contributed by atoms with Crippen molar-refractivity contribution < 1.29 is 8.42 Å². The smallest absolute Gasteiger partial charge is 0.243 e. The molecular weight excluding hydrogens is 366 g/mol. The van der Waals surface area contributed by atoms with Crippen LogP contribution in [-0.2, 0) is 35.8 Å². The number of rotatable bonds is 5. The van der Waals surface area contributed by atoms with E-state index in [4.69, 9.17) is 0 Å². The Kier molecular flexibility index (Phi) is 5.14. The van der Waals surface area contributed by atoms with Gasteiger partial charge < -0.3 is 0 Å². The normalized spacial score (nSPS) is 19.0. The maximum atomic E-state index is 13.0. The van der Waals surface area contributed by atoms with Crippen LogP contribution in [0.25, 0.3) is 0 Å². The molecule has 0 bridgehead atoms. The predicted molar refractivity (Wildman–Crippen MR) is 104 cm³/mol. The molecule has 1 aliphatic heterocycles. The van der Waals surface area contributed by atoms with Gasteiger partial charge in [0.2, 0.25) is 10.0 Å². The number of hydrogen-bond donors (Lipinski definition) is 0. The van der Waals surface area contributed by atoms with Crippen LogP contribution in [-0.4, -0.2) is 48.8 Å². The summed E-state index contributed by atoms with van der Waals surface area (Å²) in [5.41, 5.74) is 3.62. The molecule has 2 aromatic rings. The van der Waals surface area contributed by atoms with Gasteiger partial charge in [-0.1, -0.05) is 13.0 Å². The molecule has 2 aliphatic rings. The molecule has 140 valence electrons. The fraction of sp³-hybridized carbons (Fsp3) is 0.526. The van der Waals surface area contributed by atoms with E-state index in [1.54, 1.807) is 21.7 Å². The van der Waals surface area contributed by atoms with Crippen LogP contribution in [0.1, 0.15) is 35.2 Å². The Bertz CT molecular complexity index is 884. The van der Waals surface area contributed by atoms with Crippen LogP contribution in [0.5, 0.6) is 0 Å². The number of aryl methyl sites for hydroxylation is 3. The van der Waals surface area contributed by atoms with Gasteiger partial charge in [-0.05, 0) is 48.9 Å². The summed E-state index contributed by atoms with van der Waals surface area (Å²) in [5, 5.41) is 3.28. The topological polar surface area (TPSA) is 53.5 Å². The monoisotopic (exact) mass is 391 g/mol. The number of sulfonamides is 1. The van der Waals surface area contributed by atoms with E-state index in [0.29, 0.717) is 18.0 Å². The van der Waals surface area contributed by atoms with Gasteiger partial charge in [0.05, 0.1) is 15.6 Å². The highest BCUT2D eigenvalue weighted by molar-refractivity contribution is 7.89. The van der Waals surface area contributed by atoms with Crippen molar-refractivity contribution in [3.63, 3.8) is 0 Å². The first kappa shape index (κ1) is 18.1. The summed E-state index contributed by atoms with van der Waals surface area (Å²) in [5.74, 6) is 0. The standard InChI is InChI=1S/C19H25N3O2S2/c1-2-19-20-17(14-25-19)13-21-8-10-22(11-9-21)26(23,24)18-7-6-15-4-3-5-16(15)12-18/h6-7,12,14H,2-5,8-11,13H2,1H3. The zero-order valence-corrected chi connectivity index (χ0v) is 16.8. The maximum Gasteiger partial charge on any atom is 0.243 e. The summed E-state index contributed by atoms with van der Waals surface area (Å²) < 4.78 is 27.6. The third kappa shape index (κ3) is 3.58. The summed E-state index contributed by atoms with van der Waals surface area (Å²) in [6, 6.07) is 5.68. The first-order chi connectivity index (χ1) is 12.6. The number of aromatic nitrogens is 1. The molecule has 2 heterocycles. The number of hydrogen-bond acceptors (Lipinski definition) is 5. The molecule has 1 aliphatic carbocycles. The van der Waals surface area contributed by atoms with E-state index < -0.39 is 10.0 Å². The van der Waals surface area contributed by atoms with Gasteiger partial charge in [0.25, 0.3) is 0 Å². The Morgan fingerprint density at radius 2 is 1.88 bits per heavy atom. The second-order valence-electron chi connectivity index (χ2n) is 7.05. The average Bonchev–Trinajstić information content (AvgIpc) is 3.30. The van der Waals surface area contributed by atoms with Crippen molar-refractivity contribution in [1.82, 2.24) is 14.2 Å². The van der Waals surface area contributed by atoms with Crippen molar-refractivity contribution in [1.29, 1.82) is 0 Å². The lowest BCUT2D eigenvalue weighted by molar-refractivity contribution is 0.180. The Balaban J connectivity index is 1.40. The molecule has 0 atom stereocenters.